The van der Waals surface area contributed by atoms with Gasteiger partial charge in [-0.1, -0.05) is 0 Å². The first-order valence-electron chi connectivity index (χ1n) is 8.82. The number of amides is 1. The van der Waals surface area contributed by atoms with Crippen molar-refractivity contribution in [2.75, 3.05) is 6.54 Å². The molecule has 9 nitrogen and oxygen atoms in total. The number of hydrogen-bond donors (Lipinski definition) is 1. The van der Waals surface area contributed by atoms with Gasteiger partial charge in [-0.05, 0) is 44.0 Å². The lowest BCUT2D eigenvalue weighted by Crippen LogP contribution is -2.49. The minimum absolute atomic E-state index is 0.154. The third-order valence-electron chi connectivity index (χ3n) is 4.79. The van der Waals surface area contributed by atoms with Crippen LogP contribution in [0.1, 0.15) is 19.8 Å². The van der Waals surface area contributed by atoms with E-state index in [9.17, 15) is 19.1 Å². The van der Waals surface area contributed by atoms with E-state index in [2.05, 4.69) is 10.1 Å². The van der Waals surface area contributed by atoms with Gasteiger partial charge in [0.2, 0.25) is 0 Å². The first-order chi connectivity index (χ1) is 13.4. The van der Waals surface area contributed by atoms with Crippen molar-refractivity contribution in [3.05, 3.63) is 53.0 Å². The normalized spacial score (nSPS) is 19.8. The molecule has 0 aliphatic carbocycles. The molecule has 0 bridgehead atoms. The number of hydrogen-bond acceptors (Lipinski definition) is 6. The van der Waals surface area contributed by atoms with Crippen molar-refractivity contribution < 1.29 is 19.1 Å². The molecule has 3 heterocycles. The summed E-state index contributed by atoms with van der Waals surface area (Å²) < 4.78 is 15.3. The number of halogens is 1. The third kappa shape index (κ3) is 3.22. The minimum Gasteiger partial charge on any atom is -0.393 e. The molecule has 1 amide bonds. The van der Waals surface area contributed by atoms with Crippen LogP contribution in [0.2, 0.25) is 0 Å². The van der Waals surface area contributed by atoms with E-state index in [1.54, 1.807) is 6.92 Å². The number of rotatable bonds is 2. The first-order valence-corrected chi connectivity index (χ1v) is 8.82. The average Bonchev–Trinajstić information content (AvgIpc) is 3.09. The molecule has 0 radical (unpaired) electrons. The van der Waals surface area contributed by atoms with Gasteiger partial charge in [0.1, 0.15) is 17.5 Å². The van der Waals surface area contributed by atoms with Crippen LogP contribution < -0.4 is 10.4 Å². The molecule has 28 heavy (non-hydrogen) atoms. The smallest absolute Gasteiger partial charge is 0.393 e. The summed E-state index contributed by atoms with van der Waals surface area (Å²) >= 11 is 0. The molecule has 2 aromatic heterocycles. The van der Waals surface area contributed by atoms with Gasteiger partial charge < -0.3 is 14.8 Å². The lowest BCUT2D eigenvalue weighted by molar-refractivity contribution is 0.0292. The number of piperidine rings is 1. The van der Waals surface area contributed by atoms with Crippen molar-refractivity contribution in [3.8, 4) is 5.69 Å². The highest BCUT2D eigenvalue weighted by Crippen LogP contribution is 2.18. The molecule has 2 unspecified atom stereocenters. The van der Waals surface area contributed by atoms with E-state index in [-0.39, 0.29) is 22.9 Å². The Morgan fingerprint density at radius 3 is 2.79 bits per heavy atom. The zero-order chi connectivity index (χ0) is 19.8. The van der Waals surface area contributed by atoms with Gasteiger partial charge in [-0.15, -0.1) is 4.73 Å². The predicted octanol–water partition coefficient (Wildman–Crippen LogP) is 1.12. The van der Waals surface area contributed by atoms with Crippen LogP contribution in [0.4, 0.5) is 9.18 Å². The number of fused-ring (bicyclic) bond motifs is 1. The van der Waals surface area contributed by atoms with E-state index in [0.717, 1.165) is 11.1 Å². The maximum absolute atomic E-state index is 13.1. The van der Waals surface area contributed by atoms with Crippen molar-refractivity contribution >= 4 is 17.1 Å². The number of carbonyl (C=O) groups is 1. The summed E-state index contributed by atoms with van der Waals surface area (Å²) in [5, 5.41) is 13.9. The van der Waals surface area contributed by atoms with Gasteiger partial charge >= 0.3 is 6.09 Å². The van der Waals surface area contributed by atoms with Crippen molar-refractivity contribution in [1.82, 2.24) is 24.4 Å². The zero-order valence-corrected chi connectivity index (χ0v) is 15.0. The summed E-state index contributed by atoms with van der Waals surface area (Å²) in [7, 11) is 0. The number of carbonyl (C=O) groups excluding carboxylic acids is 1. The molecule has 146 valence electrons. The fraction of sp³-hybridized carbons (Fsp3) is 0.333. The Morgan fingerprint density at radius 1 is 1.32 bits per heavy atom. The second-order valence-electron chi connectivity index (χ2n) is 6.72. The molecule has 2 atom stereocenters. The molecule has 1 fully saturated rings. The number of aliphatic hydroxyl groups excluding tert-OH is 1. The van der Waals surface area contributed by atoms with Crippen molar-refractivity contribution in [3.63, 3.8) is 0 Å². The molecule has 1 aliphatic heterocycles. The molecule has 10 heteroatoms. The topological polar surface area (TPSA) is 102 Å². The largest absolute Gasteiger partial charge is 0.434 e. The second kappa shape index (κ2) is 7.04. The number of nitrogens with zero attached hydrogens (tertiary/aromatic N) is 5. The predicted molar refractivity (Wildman–Crippen MR) is 96.5 cm³/mol. The molecule has 0 spiro atoms. The Morgan fingerprint density at radius 2 is 2.07 bits per heavy atom. The first kappa shape index (κ1) is 18.1. The van der Waals surface area contributed by atoms with Gasteiger partial charge in [0, 0.05) is 12.6 Å². The fourth-order valence-corrected chi connectivity index (χ4v) is 3.29. The van der Waals surface area contributed by atoms with Gasteiger partial charge in [0.05, 0.1) is 18.0 Å². The van der Waals surface area contributed by atoms with Crippen molar-refractivity contribution in [2.45, 2.75) is 31.9 Å². The minimum atomic E-state index is -0.687. The monoisotopic (exact) mass is 387 g/mol. The van der Waals surface area contributed by atoms with Crippen LogP contribution in [0.15, 0.2) is 41.6 Å². The van der Waals surface area contributed by atoms with Crippen LogP contribution in [0, 0.1) is 5.82 Å². The van der Waals surface area contributed by atoms with Gasteiger partial charge in [0.25, 0.3) is 5.56 Å². The SMILES string of the molecule is CC1CC(O)CCN1C(=O)On1cnc2c(cnn2-c2ccc(F)cc2)c1=O. The summed E-state index contributed by atoms with van der Waals surface area (Å²) in [5.41, 5.74) is 0.216. The summed E-state index contributed by atoms with van der Waals surface area (Å²) in [4.78, 5) is 35.9. The molecule has 1 N–H and O–H groups in total. The third-order valence-corrected chi connectivity index (χ3v) is 4.79. The van der Waals surface area contributed by atoms with E-state index >= 15 is 0 Å². The Hall–Kier alpha value is -3.27. The molecule has 1 aliphatic rings. The summed E-state index contributed by atoms with van der Waals surface area (Å²) in [6.07, 6.45) is 2.19. The molecular formula is C18H18FN5O4. The van der Waals surface area contributed by atoms with E-state index < -0.39 is 17.8 Å². The number of aliphatic hydroxyl groups is 1. The van der Waals surface area contributed by atoms with Crippen LogP contribution >= 0.6 is 0 Å². The van der Waals surface area contributed by atoms with Crippen LogP contribution in [0.25, 0.3) is 16.7 Å². The van der Waals surface area contributed by atoms with E-state index in [1.807, 2.05) is 0 Å². The Labute approximate surface area is 158 Å². The van der Waals surface area contributed by atoms with E-state index in [1.165, 1.54) is 40.0 Å². The van der Waals surface area contributed by atoms with E-state index in [0.29, 0.717) is 25.1 Å². The lowest BCUT2D eigenvalue weighted by Gasteiger charge is -2.34. The maximum Gasteiger partial charge on any atom is 0.434 e. The van der Waals surface area contributed by atoms with Crippen LogP contribution in [-0.4, -0.2) is 54.3 Å². The molecule has 4 rings (SSSR count). The standard InChI is InChI=1S/C18H18FN5O4/c1-11-8-14(25)6-7-22(11)18(27)28-23-10-20-16-15(17(23)26)9-21-24(16)13-4-2-12(19)3-5-13/h2-5,9-11,14,25H,6-8H2,1H3. The Kier molecular flexibility index (Phi) is 4.55. The Bertz CT molecular complexity index is 1080. The molecule has 1 saturated heterocycles. The molecular weight excluding hydrogens is 369 g/mol. The van der Waals surface area contributed by atoms with Crippen LogP contribution in [0.3, 0.4) is 0 Å². The maximum atomic E-state index is 13.1. The summed E-state index contributed by atoms with van der Waals surface area (Å²) in [6, 6.07) is 5.39. The number of benzene rings is 1. The highest BCUT2D eigenvalue weighted by atomic mass is 19.1. The number of likely N-dealkylation sites (tertiary alicyclic amines) is 1. The highest BCUT2D eigenvalue weighted by molar-refractivity contribution is 5.75. The highest BCUT2D eigenvalue weighted by Gasteiger charge is 2.29. The average molecular weight is 387 g/mol. The molecule has 3 aromatic rings. The zero-order valence-electron chi connectivity index (χ0n) is 15.0. The number of aromatic nitrogens is 4. The summed E-state index contributed by atoms with van der Waals surface area (Å²) in [6.45, 7) is 2.15. The summed E-state index contributed by atoms with van der Waals surface area (Å²) in [5.74, 6) is -0.387. The van der Waals surface area contributed by atoms with Crippen LogP contribution in [-0.2, 0) is 0 Å². The van der Waals surface area contributed by atoms with Gasteiger partial charge in [-0.2, -0.15) is 5.10 Å². The molecule has 1 aromatic carbocycles. The Balaban J connectivity index is 1.61. The van der Waals surface area contributed by atoms with Gasteiger partial charge in [-0.3, -0.25) is 4.79 Å². The van der Waals surface area contributed by atoms with Crippen LogP contribution in [0.5, 0.6) is 0 Å². The quantitative estimate of drug-likeness (QED) is 0.707. The van der Waals surface area contributed by atoms with Gasteiger partial charge in [0.15, 0.2) is 5.65 Å². The van der Waals surface area contributed by atoms with E-state index in [4.69, 9.17) is 4.84 Å². The van der Waals surface area contributed by atoms with Crippen molar-refractivity contribution in [2.24, 2.45) is 0 Å². The lowest BCUT2D eigenvalue weighted by atomic mass is 10.0. The fourth-order valence-electron chi connectivity index (χ4n) is 3.29. The second-order valence-corrected chi connectivity index (χ2v) is 6.72. The van der Waals surface area contributed by atoms with Crippen molar-refractivity contribution in [1.29, 1.82) is 0 Å². The molecule has 0 saturated carbocycles. The van der Waals surface area contributed by atoms with Gasteiger partial charge in [-0.25, -0.2) is 18.9 Å².